The summed E-state index contributed by atoms with van der Waals surface area (Å²) in [4.78, 5) is 24.2. The summed E-state index contributed by atoms with van der Waals surface area (Å²) in [5, 5.41) is 14.8. The second-order valence-corrected chi connectivity index (χ2v) is 9.01. The van der Waals surface area contributed by atoms with Crippen molar-refractivity contribution < 1.29 is 9.59 Å². The Bertz CT molecular complexity index is 1060. The van der Waals surface area contributed by atoms with E-state index in [9.17, 15) is 9.59 Å². The van der Waals surface area contributed by atoms with Crippen LogP contribution in [0.25, 0.3) is 17.1 Å². The number of amides is 3. The van der Waals surface area contributed by atoms with E-state index >= 15 is 0 Å². The zero-order chi connectivity index (χ0) is 22.3. The van der Waals surface area contributed by atoms with Gasteiger partial charge < -0.3 is 5.32 Å². The molecule has 1 aliphatic carbocycles. The number of imide groups is 1. The van der Waals surface area contributed by atoms with Crippen molar-refractivity contribution in [3.05, 3.63) is 60.2 Å². The summed E-state index contributed by atoms with van der Waals surface area (Å²) in [5.41, 5.74) is 3.10. The van der Waals surface area contributed by atoms with Crippen LogP contribution in [0.15, 0.2) is 59.8 Å². The van der Waals surface area contributed by atoms with Crippen LogP contribution in [0.3, 0.4) is 0 Å². The van der Waals surface area contributed by atoms with Crippen molar-refractivity contribution in [2.24, 2.45) is 0 Å². The third-order valence-electron chi connectivity index (χ3n) is 5.46. The van der Waals surface area contributed by atoms with Gasteiger partial charge in [0, 0.05) is 29.5 Å². The maximum atomic E-state index is 12.2. The van der Waals surface area contributed by atoms with E-state index in [1.807, 2.05) is 54.0 Å². The Balaban J connectivity index is 1.42. The summed E-state index contributed by atoms with van der Waals surface area (Å²) >= 11 is 1.45. The van der Waals surface area contributed by atoms with E-state index in [2.05, 4.69) is 33.0 Å². The molecule has 1 saturated carbocycles. The number of benzene rings is 2. The van der Waals surface area contributed by atoms with Crippen LogP contribution in [0, 0.1) is 6.92 Å². The molecule has 166 valence electrons. The molecule has 3 amide bonds. The smallest absolute Gasteiger partial charge is 0.321 e. The molecule has 4 rings (SSSR count). The van der Waals surface area contributed by atoms with Gasteiger partial charge in [-0.2, -0.15) is 0 Å². The first-order valence-corrected chi connectivity index (χ1v) is 11.9. The largest absolute Gasteiger partial charge is 0.335 e. The minimum Gasteiger partial charge on any atom is -0.335 e. The van der Waals surface area contributed by atoms with Gasteiger partial charge in [0.25, 0.3) is 0 Å². The lowest BCUT2D eigenvalue weighted by atomic mass is 10.2. The molecule has 0 atom stereocenters. The van der Waals surface area contributed by atoms with Gasteiger partial charge in [-0.05, 0) is 31.9 Å². The number of hydrogen-bond donors (Lipinski definition) is 2. The lowest BCUT2D eigenvalue weighted by Crippen LogP contribution is -2.43. The van der Waals surface area contributed by atoms with E-state index in [4.69, 9.17) is 0 Å². The van der Waals surface area contributed by atoms with Gasteiger partial charge >= 0.3 is 6.03 Å². The molecule has 8 heteroatoms. The lowest BCUT2D eigenvalue weighted by molar-refractivity contribution is -0.119. The van der Waals surface area contributed by atoms with Crippen molar-refractivity contribution in [2.45, 2.75) is 50.2 Å². The highest BCUT2D eigenvalue weighted by Gasteiger charge is 2.19. The molecule has 0 spiro atoms. The molecule has 1 heterocycles. The van der Waals surface area contributed by atoms with Gasteiger partial charge in [-0.3, -0.25) is 14.7 Å². The van der Waals surface area contributed by atoms with Crippen LogP contribution in [0.1, 0.15) is 37.7 Å². The molecular weight excluding hydrogens is 422 g/mol. The first kappa shape index (κ1) is 22.1. The highest BCUT2D eigenvalue weighted by molar-refractivity contribution is 7.99. The van der Waals surface area contributed by atoms with Crippen molar-refractivity contribution in [1.29, 1.82) is 0 Å². The van der Waals surface area contributed by atoms with Crippen molar-refractivity contribution in [3.8, 4) is 17.1 Å². The number of thioether (sulfide) groups is 1. The van der Waals surface area contributed by atoms with Gasteiger partial charge in [-0.25, -0.2) is 4.79 Å². The molecule has 0 bridgehead atoms. The molecule has 0 aliphatic heterocycles. The number of hydrogen-bond acceptors (Lipinski definition) is 5. The summed E-state index contributed by atoms with van der Waals surface area (Å²) in [6, 6.07) is 17.9. The van der Waals surface area contributed by atoms with Crippen molar-refractivity contribution in [2.75, 3.05) is 5.75 Å². The number of nitrogens with zero attached hydrogens (tertiary/aromatic N) is 3. The standard InChI is InChI=1S/C24H27N5O2S/c1-17-11-13-20(14-12-17)29-22(18-7-3-2-4-8-18)27-28-24(29)32-16-15-21(30)26-23(31)25-19-9-5-6-10-19/h2-4,7-8,11-14,19H,5-6,9-10,15-16H2,1H3,(H2,25,26,30,31). The van der Waals surface area contributed by atoms with E-state index in [1.165, 1.54) is 17.3 Å². The van der Waals surface area contributed by atoms with Crippen LogP contribution >= 0.6 is 11.8 Å². The summed E-state index contributed by atoms with van der Waals surface area (Å²) < 4.78 is 2.00. The summed E-state index contributed by atoms with van der Waals surface area (Å²) in [6.45, 7) is 2.05. The van der Waals surface area contributed by atoms with Gasteiger partial charge in [-0.1, -0.05) is 72.6 Å². The van der Waals surface area contributed by atoms with Crippen molar-refractivity contribution in [3.63, 3.8) is 0 Å². The fraction of sp³-hybridized carbons (Fsp3) is 0.333. The Morgan fingerprint density at radius 1 is 1.03 bits per heavy atom. The normalized spacial score (nSPS) is 13.8. The maximum Gasteiger partial charge on any atom is 0.321 e. The van der Waals surface area contributed by atoms with Gasteiger partial charge in [0.2, 0.25) is 5.91 Å². The predicted octanol–water partition coefficient (Wildman–Crippen LogP) is 4.49. The quantitative estimate of drug-likeness (QED) is 0.519. The molecule has 0 saturated heterocycles. The topological polar surface area (TPSA) is 88.9 Å². The molecule has 2 N–H and O–H groups in total. The Morgan fingerprint density at radius 3 is 2.47 bits per heavy atom. The third-order valence-corrected chi connectivity index (χ3v) is 6.39. The first-order valence-electron chi connectivity index (χ1n) is 10.9. The second kappa shape index (κ2) is 10.5. The molecule has 1 aliphatic rings. The Kier molecular flexibility index (Phi) is 7.21. The minimum atomic E-state index is -0.402. The van der Waals surface area contributed by atoms with Crippen molar-refractivity contribution in [1.82, 2.24) is 25.4 Å². The van der Waals surface area contributed by atoms with Crippen LogP contribution in [0.5, 0.6) is 0 Å². The lowest BCUT2D eigenvalue weighted by Gasteiger charge is -2.12. The highest BCUT2D eigenvalue weighted by Crippen LogP contribution is 2.28. The highest BCUT2D eigenvalue weighted by atomic mass is 32.2. The molecule has 2 aromatic carbocycles. The average Bonchev–Trinajstić information content (AvgIpc) is 3.45. The molecule has 3 aromatic rings. The third kappa shape index (κ3) is 5.56. The van der Waals surface area contributed by atoms with Crippen LogP contribution in [0.4, 0.5) is 4.79 Å². The number of carbonyl (C=O) groups excluding carboxylic acids is 2. The number of carbonyl (C=O) groups is 2. The molecule has 1 aromatic heterocycles. The zero-order valence-corrected chi connectivity index (χ0v) is 18.9. The Morgan fingerprint density at radius 2 is 1.75 bits per heavy atom. The van der Waals surface area contributed by atoms with Gasteiger partial charge in [-0.15, -0.1) is 10.2 Å². The number of nitrogens with one attached hydrogen (secondary N) is 2. The minimum absolute atomic E-state index is 0.182. The molecule has 0 radical (unpaired) electrons. The predicted molar refractivity (Wildman–Crippen MR) is 126 cm³/mol. The fourth-order valence-electron chi connectivity index (χ4n) is 3.78. The monoisotopic (exact) mass is 449 g/mol. The molecule has 0 unspecified atom stereocenters. The summed E-state index contributed by atoms with van der Waals surface area (Å²) in [5.74, 6) is 0.941. The van der Waals surface area contributed by atoms with Gasteiger partial charge in [0.1, 0.15) is 0 Å². The fourth-order valence-corrected chi connectivity index (χ4v) is 4.67. The maximum absolute atomic E-state index is 12.2. The van der Waals surface area contributed by atoms with Gasteiger partial charge in [0.15, 0.2) is 11.0 Å². The summed E-state index contributed by atoms with van der Waals surface area (Å²) in [7, 11) is 0. The number of aromatic nitrogens is 3. The number of urea groups is 1. The van der Waals surface area contributed by atoms with Gasteiger partial charge in [0.05, 0.1) is 0 Å². The SMILES string of the molecule is Cc1ccc(-n2c(SCCC(=O)NC(=O)NC3CCCC3)nnc2-c2ccccc2)cc1. The van der Waals surface area contributed by atoms with E-state index in [-0.39, 0.29) is 18.4 Å². The number of rotatable bonds is 7. The van der Waals surface area contributed by atoms with E-state index in [0.717, 1.165) is 42.8 Å². The van der Waals surface area contributed by atoms with E-state index in [1.54, 1.807) is 0 Å². The summed E-state index contributed by atoms with van der Waals surface area (Å²) in [6.07, 6.45) is 4.43. The van der Waals surface area contributed by atoms with Crippen molar-refractivity contribution >= 4 is 23.7 Å². The Labute approximate surface area is 192 Å². The number of aryl methyl sites for hydroxylation is 1. The zero-order valence-electron chi connectivity index (χ0n) is 18.1. The molecule has 7 nitrogen and oxygen atoms in total. The molecule has 1 fully saturated rings. The second-order valence-electron chi connectivity index (χ2n) is 7.94. The average molecular weight is 450 g/mol. The van der Waals surface area contributed by atoms with Crippen LogP contribution in [-0.2, 0) is 4.79 Å². The van der Waals surface area contributed by atoms with E-state index < -0.39 is 6.03 Å². The van der Waals surface area contributed by atoms with E-state index in [0.29, 0.717) is 10.9 Å². The van der Waals surface area contributed by atoms with Crippen LogP contribution < -0.4 is 10.6 Å². The van der Waals surface area contributed by atoms with Crippen LogP contribution in [0.2, 0.25) is 0 Å². The molecular formula is C24H27N5O2S. The Hall–Kier alpha value is -3.13. The van der Waals surface area contributed by atoms with Crippen LogP contribution in [-0.4, -0.2) is 38.5 Å². The molecule has 32 heavy (non-hydrogen) atoms. The first-order chi connectivity index (χ1) is 15.6.